The Balaban J connectivity index is 2.69. The fraction of sp³-hybridized carbons (Fsp3) is 0.733. The molecule has 200 valence electrons. The Morgan fingerprint density at radius 3 is 1.31 bits per heavy atom. The second-order valence-corrected chi connectivity index (χ2v) is 10.0. The van der Waals surface area contributed by atoms with Gasteiger partial charge in [0.2, 0.25) is 0 Å². The molecule has 0 amide bonds. The number of unbranched alkanes of at least 4 members (excludes halogenated alkanes) is 16. The van der Waals surface area contributed by atoms with Crippen molar-refractivity contribution in [1.29, 1.82) is 0 Å². The lowest BCUT2D eigenvalue weighted by molar-refractivity contribution is 0.0693. The van der Waals surface area contributed by atoms with Gasteiger partial charge in [0.1, 0.15) is 5.75 Å². The summed E-state index contributed by atoms with van der Waals surface area (Å²) >= 11 is 0. The number of phenolic OH excluding ortho intramolecular Hbond substituents is 1. The number of aromatic hydroxyl groups is 1. The summed E-state index contributed by atoms with van der Waals surface area (Å²) in [6.07, 6.45) is 21.6. The number of aromatic carboxylic acids is 2. The van der Waals surface area contributed by atoms with E-state index in [9.17, 15) is 24.9 Å². The Labute approximate surface area is 213 Å². The Morgan fingerprint density at radius 2 is 0.943 bits per heavy atom. The van der Waals surface area contributed by atoms with Crippen LogP contribution in [-0.4, -0.2) is 27.3 Å². The van der Waals surface area contributed by atoms with Crippen LogP contribution in [0.15, 0.2) is 6.07 Å². The summed E-state index contributed by atoms with van der Waals surface area (Å²) in [5.74, 6) is -2.52. The maximum absolute atomic E-state index is 12.2. The van der Waals surface area contributed by atoms with E-state index in [1.165, 1.54) is 83.1 Å². The number of carbonyl (C=O) groups is 2. The lowest BCUT2D eigenvalue weighted by Crippen LogP contribution is -2.14. The topological polar surface area (TPSA) is 94.8 Å². The maximum Gasteiger partial charge on any atom is 0.336 e. The van der Waals surface area contributed by atoms with E-state index < -0.39 is 11.9 Å². The Kier molecular flexibility index (Phi) is 17.0. The van der Waals surface area contributed by atoms with E-state index in [-0.39, 0.29) is 16.9 Å². The molecule has 0 aliphatic carbocycles. The van der Waals surface area contributed by atoms with Crippen LogP contribution in [0.5, 0.6) is 5.75 Å². The molecule has 0 aliphatic rings. The number of hydrogen-bond acceptors (Lipinski definition) is 3. The minimum absolute atomic E-state index is 0.0153. The fourth-order valence-corrected chi connectivity index (χ4v) is 4.94. The number of benzene rings is 1. The summed E-state index contributed by atoms with van der Waals surface area (Å²) in [6.45, 7) is 4.42. The van der Waals surface area contributed by atoms with Gasteiger partial charge in [-0.1, -0.05) is 117 Å². The van der Waals surface area contributed by atoms with Gasteiger partial charge in [0.15, 0.2) is 0 Å². The van der Waals surface area contributed by atoms with Gasteiger partial charge < -0.3 is 15.3 Å². The van der Waals surface area contributed by atoms with E-state index in [4.69, 9.17) is 0 Å². The largest absolute Gasteiger partial charge is 0.508 e. The second kappa shape index (κ2) is 19.2. The molecule has 5 heteroatoms. The average Bonchev–Trinajstić information content (AvgIpc) is 2.82. The molecule has 3 N–H and O–H groups in total. The molecule has 5 nitrogen and oxygen atoms in total. The van der Waals surface area contributed by atoms with Crippen LogP contribution in [0.3, 0.4) is 0 Å². The highest BCUT2D eigenvalue weighted by molar-refractivity contribution is 5.98. The molecule has 0 unspecified atom stereocenters. The van der Waals surface area contributed by atoms with Gasteiger partial charge in [0.25, 0.3) is 0 Å². The van der Waals surface area contributed by atoms with Crippen LogP contribution >= 0.6 is 0 Å². The van der Waals surface area contributed by atoms with E-state index in [1.54, 1.807) is 0 Å². The van der Waals surface area contributed by atoms with Crippen LogP contribution in [0.25, 0.3) is 0 Å². The first-order chi connectivity index (χ1) is 16.9. The van der Waals surface area contributed by atoms with Crippen molar-refractivity contribution < 1.29 is 24.9 Å². The zero-order chi connectivity index (χ0) is 25.9. The molecule has 1 aromatic carbocycles. The Bertz CT molecular complexity index is 741. The highest BCUT2D eigenvalue weighted by Gasteiger charge is 2.25. The first-order valence-electron chi connectivity index (χ1n) is 14.3. The molecule has 0 saturated heterocycles. The summed E-state index contributed by atoms with van der Waals surface area (Å²) in [4.78, 5) is 24.0. The van der Waals surface area contributed by atoms with Crippen LogP contribution in [0.2, 0.25) is 0 Å². The van der Waals surface area contributed by atoms with Gasteiger partial charge in [-0.25, -0.2) is 9.59 Å². The molecule has 0 saturated carbocycles. The predicted molar refractivity (Wildman–Crippen MR) is 144 cm³/mol. The molecule has 0 bridgehead atoms. The van der Waals surface area contributed by atoms with Crippen molar-refractivity contribution in [3.8, 4) is 5.75 Å². The molecular formula is C30H50O5. The van der Waals surface area contributed by atoms with Gasteiger partial charge >= 0.3 is 11.9 Å². The molecule has 1 aromatic rings. The van der Waals surface area contributed by atoms with Gasteiger partial charge in [0.05, 0.1) is 11.1 Å². The van der Waals surface area contributed by atoms with Gasteiger partial charge in [-0.2, -0.15) is 0 Å². The van der Waals surface area contributed by atoms with Crippen LogP contribution in [0, 0.1) is 0 Å². The number of carboxylic acids is 2. The molecule has 0 aliphatic heterocycles. The third-order valence-electron chi connectivity index (χ3n) is 7.02. The van der Waals surface area contributed by atoms with Crippen molar-refractivity contribution in [3.05, 3.63) is 28.3 Å². The van der Waals surface area contributed by atoms with E-state index in [2.05, 4.69) is 13.8 Å². The van der Waals surface area contributed by atoms with Crippen LogP contribution in [0.1, 0.15) is 161 Å². The van der Waals surface area contributed by atoms with E-state index >= 15 is 0 Å². The minimum atomic E-state index is -1.18. The zero-order valence-electron chi connectivity index (χ0n) is 22.4. The molecule has 0 fully saturated rings. The average molecular weight is 491 g/mol. The lowest BCUT2D eigenvalue weighted by atomic mass is 9.88. The maximum atomic E-state index is 12.2. The van der Waals surface area contributed by atoms with Crippen molar-refractivity contribution in [2.24, 2.45) is 0 Å². The van der Waals surface area contributed by atoms with Crippen molar-refractivity contribution in [3.63, 3.8) is 0 Å². The SMILES string of the molecule is CCCCCCCCCCCc1c(O)cc(C(=O)O)c(CCCCCCCCCCC)c1C(=O)O. The highest BCUT2D eigenvalue weighted by atomic mass is 16.4. The molecule has 35 heavy (non-hydrogen) atoms. The first-order valence-corrected chi connectivity index (χ1v) is 14.3. The predicted octanol–water partition coefficient (Wildman–Crippen LogP) is 8.94. The summed E-state index contributed by atoms with van der Waals surface area (Å²) in [5.41, 5.74) is 0.713. The zero-order valence-corrected chi connectivity index (χ0v) is 22.4. The molecule has 0 atom stereocenters. The molecule has 0 spiro atoms. The number of rotatable bonds is 22. The first kappa shape index (κ1) is 31.0. The summed E-state index contributed by atoms with van der Waals surface area (Å²) in [7, 11) is 0. The highest BCUT2D eigenvalue weighted by Crippen LogP contribution is 2.32. The van der Waals surface area contributed by atoms with Gasteiger partial charge in [-0.15, -0.1) is 0 Å². The normalized spacial score (nSPS) is 11.1. The quantitative estimate of drug-likeness (QED) is 0.141. The van der Waals surface area contributed by atoms with E-state index in [0.29, 0.717) is 24.0 Å². The van der Waals surface area contributed by atoms with Crippen molar-refractivity contribution in [1.82, 2.24) is 0 Å². The Hall–Kier alpha value is -2.04. The Morgan fingerprint density at radius 1 is 0.571 bits per heavy atom. The standard InChI is InChI=1S/C30H50O5/c1-3-5-7-9-11-13-15-17-19-21-24-26(29(32)33)23-27(31)25(28(24)30(34)35)22-20-18-16-14-12-10-8-6-4-2/h23,31H,3-22H2,1-2H3,(H,32,33)(H,34,35). The lowest BCUT2D eigenvalue weighted by Gasteiger charge is -2.16. The van der Waals surface area contributed by atoms with E-state index in [1.807, 2.05) is 0 Å². The van der Waals surface area contributed by atoms with Gasteiger partial charge in [-0.3, -0.25) is 0 Å². The molecular weight excluding hydrogens is 440 g/mol. The second-order valence-electron chi connectivity index (χ2n) is 10.0. The van der Waals surface area contributed by atoms with Crippen LogP contribution in [-0.2, 0) is 12.8 Å². The molecule has 0 radical (unpaired) electrons. The molecule has 0 heterocycles. The van der Waals surface area contributed by atoms with Gasteiger partial charge in [-0.05, 0) is 37.3 Å². The summed E-state index contributed by atoms with van der Waals surface area (Å²) < 4.78 is 0. The summed E-state index contributed by atoms with van der Waals surface area (Å²) in [6, 6.07) is 1.26. The van der Waals surface area contributed by atoms with Crippen LogP contribution in [0.4, 0.5) is 0 Å². The number of carboxylic acid groups (broad SMARTS) is 2. The number of phenols is 1. The van der Waals surface area contributed by atoms with Crippen molar-refractivity contribution in [2.45, 2.75) is 142 Å². The fourth-order valence-electron chi connectivity index (χ4n) is 4.94. The molecule has 0 aromatic heterocycles. The third-order valence-corrected chi connectivity index (χ3v) is 7.02. The number of hydrogen-bond donors (Lipinski definition) is 3. The third kappa shape index (κ3) is 12.5. The van der Waals surface area contributed by atoms with E-state index in [0.717, 1.165) is 38.5 Å². The minimum Gasteiger partial charge on any atom is -0.508 e. The molecule has 1 rings (SSSR count). The smallest absolute Gasteiger partial charge is 0.336 e. The summed E-state index contributed by atoms with van der Waals surface area (Å²) in [5, 5.41) is 30.2. The van der Waals surface area contributed by atoms with Crippen molar-refractivity contribution >= 4 is 11.9 Å². The monoisotopic (exact) mass is 490 g/mol. The van der Waals surface area contributed by atoms with Crippen molar-refractivity contribution in [2.75, 3.05) is 0 Å². The van der Waals surface area contributed by atoms with Crippen LogP contribution < -0.4 is 0 Å². The van der Waals surface area contributed by atoms with Gasteiger partial charge in [0, 0.05) is 5.56 Å².